The van der Waals surface area contributed by atoms with Crippen LogP contribution in [-0.2, 0) is 4.79 Å². The highest BCUT2D eigenvalue weighted by Gasteiger charge is 2.26. The zero-order chi connectivity index (χ0) is 14.7. The average molecular weight is 352 g/mol. The summed E-state index contributed by atoms with van der Waals surface area (Å²) in [5, 5.41) is 0. The Hall–Kier alpha value is -0.910. The highest BCUT2D eigenvalue weighted by atomic mass is 79.9. The second-order valence-electron chi connectivity index (χ2n) is 5.97. The van der Waals surface area contributed by atoms with Crippen molar-refractivity contribution in [3.8, 4) is 0 Å². The molecule has 5 heteroatoms. The lowest BCUT2D eigenvalue weighted by Crippen LogP contribution is -2.41. The number of hydrogen-bond acceptors (Lipinski definition) is 3. The monoisotopic (exact) mass is 351 g/mol. The highest BCUT2D eigenvalue weighted by molar-refractivity contribution is 9.10. The van der Waals surface area contributed by atoms with Gasteiger partial charge in [-0.05, 0) is 42.9 Å². The van der Waals surface area contributed by atoms with Gasteiger partial charge in [-0.15, -0.1) is 0 Å². The van der Waals surface area contributed by atoms with Crippen LogP contribution in [-0.4, -0.2) is 36.5 Å². The smallest absolute Gasteiger partial charge is 0.224 e. The van der Waals surface area contributed by atoms with Crippen LogP contribution >= 0.6 is 15.9 Å². The van der Waals surface area contributed by atoms with E-state index >= 15 is 0 Å². The molecule has 2 aliphatic heterocycles. The Morgan fingerprint density at radius 2 is 1.90 bits per heavy atom. The number of nitrogens with zero attached hydrogens (tertiary/aromatic N) is 1. The molecule has 1 aromatic rings. The number of hydrogen-bond donors (Lipinski definition) is 2. The summed E-state index contributed by atoms with van der Waals surface area (Å²) >= 11 is 3.48. The molecule has 0 saturated carbocycles. The van der Waals surface area contributed by atoms with Crippen LogP contribution in [0.25, 0.3) is 0 Å². The van der Waals surface area contributed by atoms with E-state index in [-0.39, 0.29) is 0 Å². The van der Waals surface area contributed by atoms with Gasteiger partial charge in [0.15, 0.2) is 0 Å². The van der Waals surface area contributed by atoms with E-state index in [0.29, 0.717) is 24.3 Å². The van der Waals surface area contributed by atoms with Gasteiger partial charge in [-0.3, -0.25) is 15.6 Å². The number of amides is 1. The standard InChI is InChI=1S/C16H22BrN3O/c17-14-3-1-12(2-4-14)13-6-9-20(10-7-13)16(21)11-15-5-8-18-19-15/h1-4,13,15,18-19H,5-11H2. The molecule has 2 heterocycles. The fraction of sp³-hybridized carbons (Fsp3) is 0.562. The molecule has 0 aliphatic carbocycles. The van der Waals surface area contributed by atoms with Crippen molar-refractivity contribution in [1.82, 2.24) is 15.8 Å². The van der Waals surface area contributed by atoms with Crippen molar-refractivity contribution in [2.45, 2.75) is 37.6 Å². The topological polar surface area (TPSA) is 44.4 Å². The molecule has 1 amide bonds. The van der Waals surface area contributed by atoms with E-state index in [9.17, 15) is 4.79 Å². The molecule has 21 heavy (non-hydrogen) atoms. The zero-order valence-corrected chi connectivity index (χ0v) is 13.7. The molecule has 2 N–H and O–H groups in total. The molecule has 0 bridgehead atoms. The fourth-order valence-corrected chi connectivity index (χ4v) is 3.49. The van der Waals surface area contributed by atoms with Gasteiger partial charge in [-0.2, -0.15) is 0 Å². The van der Waals surface area contributed by atoms with Gasteiger partial charge >= 0.3 is 0 Å². The van der Waals surface area contributed by atoms with Gasteiger partial charge in [0.2, 0.25) is 5.91 Å². The van der Waals surface area contributed by atoms with Crippen molar-refractivity contribution in [2.24, 2.45) is 0 Å². The van der Waals surface area contributed by atoms with E-state index in [0.717, 1.165) is 43.4 Å². The molecule has 1 aromatic carbocycles. The van der Waals surface area contributed by atoms with E-state index in [2.05, 4.69) is 51.0 Å². The van der Waals surface area contributed by atoms with Gasteiger partial charge in [0.25, 0.3) is 0 Å². The van der Waals surface area contributed by atoms with Crippen LogP contribution in [0.4, 0.5) is 0 Å². The molecule has 3 rings (SSSR count). The Labute approximate surface area is 134 Å². The second-order valence-corrected chi connectivity index (χ2v) is 6.88. The largest absolute Gasteiger partial charge is 0.343 e. The van der Waals surface area contributed by atoms with Gasteiger partial charge in [0.1, 0.15) is 0 Å². The second kappa shape index (κ2) is 6.90. The molecule has 1 atom stereocenters. The third kappa shape index (κ3) is 3.84. The van der Waals surface area contributed by atoms with Gasteiger partial charge in [0, 0.05) is 36.6 Å². The van der Waals surface area contributed by atoms with Crippen LogP contribution in [0, 0.1) is 0 Å². The molecule has 0 radical (unpaired) electrons. The molecule has 2 saturated heterocycles. The molecular formula is C16H22BrN3O. The van der Waals surface area contributed by atoms with Crippen molar-refractivity contribution in [3.63, 3.8) is 0 Å². The van der Waals surface area contributed by atoms with E-state index in [4.69, 9.17) is 0 Å². The summed E-state index contributed by atoms with van der Waals surface area (Å²) in [6.45, 7) is 2.74. The van der Waals surface area contributed by atoms with E-state index in [1.807, 2.05) is 4.90 Å². The number of nitrogens with one attached hydrogen (secondary N) is 2. The summed E-state index contributed by atoms with van der Waals surface area (Å²) in [5.74, 6) is 0.888. The first-order valence-corrected chi connectivity index (χ1v) is 8.53. The number of piperidine rings is 1. The van der Waals surface area contributed by atoms with Gasteiger partial charge in [-0.25, -0.2) is 0 Å². The Morgan fingerprint density at radius 1 is 1.19 bits per heavy atom. The molecular weight excluding hydrogens is 330 g/mol. The summed E-state index contributed by atoms with van der Waals surface area (Å²) in [4.78, 5) is 14.3. The third-order valence-electron chi connectivity index (χ3n) is 4.53. The van der Waals surface area contributed by atoms with Crippen molar-refractivity contribution in [2.75, 3.05) is 19.6 Å². The summed E-state index contributed by atoms with van der Waals surface area (Å²) < 4.78 is 1.12. The normalized spacial score (nSPS) is 23.5. The summed E-state index contributed by atoms with van der Waals surface area (Å²) in [5.41, 5.74) is 7.65. The van der Waals surface area contributed by atoms with Gasteiger partial charge in [0.05, 0.1) is 0 Å². The Kier molecular flexibility index (Phi) is 4.93. The van der Waals surface area contributed by atoms with Crippen LogP contribution in [0.15, 0.2) is 28.7 Å². The maximum absolute atomic E-state index is 12.3. The summed E-state index contributed by atoms with van der Waals surface area (Å²) in [7, 11) is 0. The number of likely N-dealkylation sites (tertiary alicyclic amines) is 1. The molecule has 0 spiro atoms. The van der Waals surface area contributed by atoms with E-state index in [1.54, 1.807) is 0 Å². The van der Waals surface area contributed by atoms with E-state index in [1.165, 1.54) is 5.56 Å². The van der Waals surface area contributed by atoms with Crippen molar-refractivity contribution in [3.05, 3.63) is 34.3 Å². The molecule has 4 nitrogen and oxygen atoms in total. The SMILES string of the molecule is O=C(CC1CCNN1)N1CCC(c2ccc(Br)cc2)CC1. The predicted octanol–water partition coefficient (Wildman–Crippen LogP) is 2.41. The number of halogens is 1. The van der Waals surface area contributed by atoms with Crippen LogP contribution in [0.3, 0.4) is 0 Å². The van der Waals surface area contributed by atoms with Crippen LogP contribution in [0.5, 0.6) is 0 Å². The predicted molar refractivity (Wildman–Crippen MR) is 86.9 cm³/mol. The van der Waals surface area contributed by atoms with Gasteiger partial charge in [-0.1, -0.05) is 28.1 Å². The average Bonchev–Trinajstić information content (AvgIpc) is 3.01. The molecule has 2 aliphatic rings. The lowest BCUT2D eigenvalue weighted by Gasteiger charge is -2.33. The Balaban J connectivity index is 1.50. The number of hydrazine groups is 1. The number of carbonyl (C=O) groups excluding carboxylic acids is 1. The Bertz CT molecular complexity index is 477. The Morgan fingerprint density at radius 3 is 2.52 bits per heavy atom. The minimum Gasteiger partial charge on any atom is -0.343 e. The lowest BCUT2D eigenvalue weighted by atomic mass is 9.89. The first-order chi connectivity index (χ1) is 10.2. The maximum atomic E-state index is 12.3. The van der Waals surface area contributed by atoms with Crippen molar-refractivity contribution in [1.29, 1.82) is 0 Å². The van der Waals surface area contributed by atoms with Crippen molar-refractivity contribution < 1.29 is 4.79 Å². The number of carbonyl (C=O) groups is 1. The quantitative estimate of drug-likeness (QED) is 0.878. The first kappa shape index (κ1) is 15.0. The maximum Gasteiger partial charge on any atom is 0.224 e. The first-order valence-electron chi connectivity index (χ1n) is 7.74. The van der Waals surface area contributed by atoms with E-state index < -0.39 is 0 Å². The van der Waals surface area contributed by atoms with Crippen LogP contribution in [0.1, 0.15) is 37.2 Å². The summed E-state index contributed by atoms with van der Waals surface area (Å²) in [6.07, 6.45) is 3.81. The molecule has 114 valence electrons. The van der Waals surface area contributed by atoms with Crippen molar-refractivity contribution >= 4 is 21.8 Å². The minimum atomic E-state index is 0.297. The molecule has 1 unspecified atom stereocenters. The number of benzene rings is 1. The van der Waals surface area contributed by atoms with Gasteiger partial charge < -0.3 is 4.90 Å². The third-order valence-corrected chi connectivity index (χ3v) is 5.06. The fourth-order valence-electron chi connectivity index (χ4n) is 3.23. The zero-order valence-electron chi connectivity index (χ0n) is 12.1. The summed E-state index contributed by atoms with van der Waals surface area (Å²) in [6, 6.07) is 8.90. The van der Waals surface area contributed by atoms with Crippen LogP contribution in [0.2, 0.25) is 0 Å². The minimum absolute atomic E-state index is 0.297. The lowest BCUT2D eigenvalue weighted by molar-refractivity contribution is -0.132. The molecule has 2 fully saturated rings. The molecule has 0 aromatic heterocycles. The number of rotatable bonds is 3. The van der Waals surface area contributed by atoms with Crippen LogP contribution < -0.4 is 10.9 Å². The highest BCUT2D eigenvalue weighted by Crippen LogP contribution is 2.29.